The lowest BCUT2D eigenvalue weighted by molar-refractivity contribution is -0.135. The van der Waals surface area contributed by atoms with Crippen LogP contribution in [0.2, 0.25) is 0 Å². The first-order chi connectivity index (χ1) is 19.2. The summed E-state index contributed by atoms with van der Waals surface area (Å²) < 4.78 is 6.76. The van der Waals surface area contributed by atoms with E-state index in [2.05, 4.69) is 73.5 Å². The van der Waals surface area contributed by atoms with Crippen LogP contribution in [0.5, 0.6) is 5.75 Å². The summed E-state index contributed by atoms with van der Waals surface area (Å²) in [6.07, 6.45) is 2.73. The lowest BCUT2D eigenvalue weighted by Gasteiger charge is -2.41. The van der Waals surface area contributed by atoms with Crippen LogP contribution in [0, 0.1) is 0 Å². The smallest absolute Gasteiger partial charge is 0.241 e. The van der Waals surface area contributed by atoms with Crippen molar-refractivity contribution in [2.75, 3.05) is 31.1 Å². The zero-order valence-corrected chi connectivity index (χ0v) is 24.0. The van der Waals surface area contributed by atoms with Gasteiger partial charge < -0.3 is 19.9 Å². The van der Waals surface area contributed by atoms with Gasteiger partial charge in [0.25, 0.3) is 0 Å². The maximum absolute atomic E-state index is 12.9. The van der Waals surface area contributed by atoms with Gasteiger partial charge in [-0.2, -0.15) is 0 Å². The highest BCUT2D eigenvalue weighted by atomic mass is 16.5. The normalized spacial score (nSPS) is 16.6. The Morgan fingerprint density at radius 1 is 0.825 bits per heavy atom. The predicted molar refractivity (Wildman–Crippen MR) is 160 cm³/mol. The third kappa shape index (κ3) is 6.67. The average molecular weight is 540 g/mol. The number of anilines is 1. The molecular weight excluding hydrogens is 498 g/mol. The van der Waals surface area contributed by atoms with Crippen molar-refractivity contribution < 1.29 is 14.3 Å². The molecule has 1 spiro atoms. The highest BCUT2D eigenvalue weighted by Crippen LogP contribution is 2.41. The number of benzene rings is 3. The first-order valence-corrected chi connectivity index (χ1v) is 14.4. The fourth-order valence-electron chi connectivity index (χ4n) is 5.69. The summed E-state index contributed by atoms with van der Waals surface area (Å²) in [7, 11) is 0. The molecule has 0 radical (unpaired) electrons. The van der Waals surface area contributed by atoms with Crippen LogP contribution in [-0.2, 0) is 28.0 Å². The van der Waals surface area contributed by atoms with Crippen LogP contribution in [0.15, 0.2) is 78.9 Å². The van der Waals surface area contributed by atoms with Gasteiger partial charge in [-0.3, -0.25) is 9.59 Å². The van der Waals surface area contributed by atoms with Gasteiger partial charge in [0.2, 0.25) is 11.8 Å². The zero-order valence-electron chi connectivity index (χ0n) is 24.0. The fourth-order valence-corrected chi connectivity index (χ4v) is 5.69. The number of nitrogens with zero attached hydrogens (tertiary/aromatic N) is 2. The fraction of sp³-hybridized carbons (Fsp3) is 0.412. The molecular formula is C34H41N3O3. The molecule has 3 aromatic rings. The van der Waals surface area contributed by atoms with Crippen LogP contribution in [0.25, 0.3) is 0 Å². The molecule has 0 saturated carbocycles. The van der Waals surface area contributed by atoms with Gasteiger partial charge in [-0.25, -0.2) is 0 Å². The molecule has 40 heavy (non-hydrogen) atoms. The van der Waals surface area contributed by atoms with E-state index in [1.165, 1.54) is 11.1 Å². The average Bonchev–Trinajstić information content (AvgIpc) is 3.09. The first-order valence-electron chi connectivity index (χ1n) is 14.4. The van der Waals surface area contributed by atoms with E-state index in [-0.39, 0.29) is 35.8 Å². The molecule has 5 rings (SSSR count). The van der Waals surface area contributed by atoms with Crippen LogP contribution >= 0.6 is 0 Å². The number of para-hydroxylation sites is 2. The molecule has 210 valence electrons. The summed E-state index contributed by atoms with van der Waals surface area (Å²) in [5, 5.41) is 2.79. The van der Waals surface area contributed by atoms with E-state index in [0.29, 0.717) is 13.1 Å². The van der Waals surface area contributed by atoms with Gasteiger partial charge in [0.15, 0.2) is 0 Å². The SMILES string of the molecule is CC(C)(C)c1ccc(CN2CCC3(CCN(C(=O)CNC(=O)Cc4ccccc4)CC3)Oc3ccccc32)cc1. The maximum atomic E-state index is 12.9. The Balaban J connectivity index is 1.18. The number of hydrogen-bond acceptors (Lipinski definition) is 4. The van der Waals surface area contributed by atoms with Gasteiger partial charge in [-0.1, -0.05) is 87.5 Å². The number of ether oxygens (including phenoxy) is 1. The molecule has 0 aliphatic carbocycles. The maximum Gasteiger partial charge on any atom is 0.241 e. The van der Waals surface area contributed by atoms with Gasteiger partial charge in [0.05, 0.1) is 18.7 Å². The van der Waals surface area contributed by atoms with Gasteiger partial charge in [0, 0.05) is 45.4 Å². The Morgan fingerprint density at radius 3 is 2.17 bits per heavy atom. The predicted octanol–water partition coefficient (Wildman–Crippen LogP) is 5.49. The highest BCUT2D eigenvalue weighted by molar-refractivity contribution is 5.85. The van der Waals surface area contributed by atoms with Crippen LogP contribution in [0.1, 0.15) is 56.7 Å². The van der Waals surface area contributed by atoms with Gasteiger partial charge in [0.1, 0.15) is 11.4 Å². The monoisotopic (exact) mass is 539 g/mol. The number of likely N-dealkylation sites (tertiary alicyclic amines) is 1. The Labute approximate surface area is 238 Å². The topological polar surface area (TPSA) is 61.9 Å². The number of hydrogen-bond donors (Lipinski definition) is 1. The van der Waals surface area contributed by atoms with Crippen LogP contribution in [0.3, 0.4) is 0 Å². The van der Waals surface area contributed by atoms with Crippen LogP contribution in [-0.4, -0.2) is 48.5 Å². The first kappa shape index (κ1) is 27.8. The minimum Gasteiger partial charge on any atom is -0.485 e. The molecule has 2 aliphatic heterocycles. The van der Waals surface area contributed by atoms with E-state index in [4.69, 9.17) is 4.74 Å². The Kier molecular flexibility index (Phi) is 8.15. The van der Waals surface area contributed by atoms with Crippen LogP contribution in [0.4, 0.5) is 5.69 Å². The minimum atomic E-state index is -0.297. The van der Waals surface area contributed by atoms with E-state index in [1.54, 1.807) is 0 Å². The number of carbonyl (C=O) groups is 2. The van der Waals surface area contributed by atoms with Crippen molar-refractivity contribution in [3.05, 3.63) is 95.6 Å². The summed E-state index contributed by atoms with van der Waals surface area (Å²) in [5.74, 6) is 0.745. The van der Waals surface area contributed by atoms with Crippen molar-refractivity contribution in [2.24, 2.45) is 0 Å². The second kappa shape index (κ2) is 11.7. The molecule has 0 unspecified atom stereocenters. The summed E-state index contributed by atoms with van der Waals surface area (Å²) >= 11 is 0. The molecule has 2 aliphatic rings. The second-order valence-electron chi connectivity index (χ2n) is 12.2. The third-order valence-corrected chi connectivity index (χ3v) is 8.23. The number of piperidine rings is 1. The number of nitrogens with one attached hydrogen (secondary N) is 1. The van der Waals surface area contributed by atoms with Crippen molar-refractivity contribution in [2.45, 2.75) is 64.0 Å². The molecule has 1 N–H and O–H groups in total. The van der Waals surface area contributed by atoms with E-state index < -0.39 is 0 Å². The van der Waals surface area contributed by atoms with E-state index in [0.717, 1.165) is 49.4 Å². The molecule has 0 bridgehead atoms. The number of carbonyl (C=O) groups excluding carboxylic acids is 2. The third-order valence-electron chi connectivity index (χ3n) is 8.23. The second-order valence-corrected chi connectivity index (χ2v) is 12.2. The molecule has 3 aromatic carbocycles. The lowest BCUT2D eigenvalue weighted by Crippen LogP contribution is -2.52. The number of rotatable bonds is 6. The highest BCUT2D eigenvalue weighted by Gasteiger charge is 2.40. The molecule has 0 aromatic heterocycles. The summed E-state index contributed by atoms with van der Waals surface area (Å²) in [4.78, 5) is 29.5. The molecule has 2 heterocycles. The number of fused-ring (bicyclic) bond motifs is 1. The molecule has 1 saturated heterocycles. The molecule has 0 atom stereocenters. The van der Waals surface area contributed by atoms with Crippen LogP contribution < -0.4 is 15.0 Å². The standard InChI is InChI=1S/C34H41N3O3/c1-33(2,3)28-15-13-27(14-16-28)25-37-22-19-34(40-30-12-8-7-11-29(30)37)17-20-36(21-18-34)32(39)24-35-31(38)23-26-9-5-4-6-10-26/h4-16H,17-25H2,1-3H3,(H,35,38). The van der Waals surface area contributed by atoms with Gasteiger partial charge >= 0.3 is 0 Å². The Morgan fingerprint density at radius 2 is 1.48 bits per heavy atom. The summed E-state index contributed by atoms with van der Waals surface area (Å²) in [6.45, 7) is 9.73. The Bertz CT molecular complexity index is 1310. The van der Waals surface area contributed by atoms with Gasteiger partial charge in [-0.15, -0.1) is 0 Å². The number of amides is 2. The van der Waals surface area contributed by atoms with Crippen molar-refractivity contribution in [3.63, 3.8) is 0 Å². The van der Waals surface area contributed by atoms with Gasteiger partial charge in [-0.05, 0) is 34.2 Å². The van der Waals surface area contributed by atoms with Crippen molar-refractivity contribution in [1.29, 1.82) is 0 Å². The zero-order chi connectivity index (χ0) is 28.2. The largest absolute Gasteiger partial charge is 0.485 e. The quantitative estimate of drug-likeness (QED) is 0.450. The molecule has 2 amide bonds. The summed E-state index contributed by atoms with van der Waals surface area (Å²) in [6, 6.07) is 26.9. The van der Waals surface area contributed by atoms with E-state index >= 15 is 0 Å². The van der Waals surface area contributed by atoms with E-state index in [1.807, 2.05) is 41.3 Å². The van der Waals surface area contributed by atoms with Crippen molar-refractivity contribution in [1.82, 2.24) is 10.2 Å². The molecule has 6 nitrogen and oxygen atoms in total. The van der Waals surface area contributed by atoms with Crippen molar-refractivity contribution >= 4 is 17.5 Å². The van der Waals surface area contributed by atoms with Crippen molar-refractivity contribution in [3.8, 4) is 5.75 Å². The molecule has 1 fully saturated rings. The minimum absolute atomic E-state index is 0.0319. The Hall–Kier alpha value is -3.80. The summed E-state index contributed by atoms with van der Waals surface area (Å²) in [5.41, 5.74) is 4.53. The molecule has 6 heteroatoms. The lowest BCUT2D eigenvalue weighted by atomic mass is 9.86. The van der Waals surface area contributed by atoms with E-state index in [9.17, 15) is 9.59 Å².